The van der Waals surface area contributed by atoms with Crippen LogP contribution in [-0.2, 0) is 40.1 Å². The van der Waals surface area contributed by atoms with E-state index in [1.807, 2.05) is 21.6 Å². The van der Waals surface area contributed by atoms with Crippen LogP contribution in [0.25, 0.3) is 11.3 Å². The van der Waals surface area contributed by atoms with Gasteiger partial charge >= 0.3 is 5.97 Å². The summed E-state index contributed by atoms with van der Waals surface area (Å²) in [5.74, 6) is -0.908. The average molecular weight is 602 g/mol. The first-order valence-electron chi connectivity index (χ1n) is 15.3. The molecule has 11 heteroatoms. The molecule has 1 aromatic heterocycles. The Kier molecular flexibility index (Phi) is 6.86. The number of morpholine rings is 1. The van der Waals surface area contributed by atoms with Crippen LogP contribution in [0.5, 0.6) is 11.5 Å². The van der Waals surface area contributed by atoms with Gasteiger partial charge in [0.25, 0.3) is 5.91 Å². The van der Waals surface area contributed by atoms with Crippen LogP contribution in [0, 0.1) is 0 Å². The van der Waals surface area contributed by atoms with Crippen molar-refractivity contribution < 1.29 is 38.4 Å². The molecule has 0 saturated carbocycles. The fraction of sp³-hybridized carbons (Fsp3) is 0.455. The normalized spacial score (nSPS) is 22.2. The van der Waals surface area contributed by atoms with Gasteiger partial charge in [0.15, 0.2) is 17.3 Å². The number of benzene rings is 2. The highest BCUT2D eigenvalue weighted by molar-refractivity contribution is 6.03. The van der Waals surface area contributed by atoms with Crippen molar-refractivity contribution in [3.05, 3.63) is 70.4 Å². The molecule has 11 nitrogen and oxygen atoms in total. The highest BCUT2D eigenvalue weighted by Crippen LogP contribution is 2.44. The lowest BCUT2D eigenvalue weighted by Crippen LogP contribution is -2.52. The molecule has 44 heavy (non-hydrogen) atoms. The number of nitrogens with zero attached hydrogens (tertiary/aromatic N) is 3. The van der Waals surface area contributed by atoms with Gasteiger partial charge in [0.1, 0.15) is 0 Å². The fourth-order valence-corrected chi connectivity index (χ4v) is 7.37. The number of carboxylic acid groups (broad SMARTS) is 1. The molecule has 6 heterocycles. The smallest absolute Gasteiger partial charge is 0.337 e. The third-order valence-electron chi connectivity index (χ3n) is 9.61. The lowest BCUT2D eigenvalue weighted by Gasteiger charge is -2.40. The molecule has 0 radical (unpaired) electrons. The third kappa shape index (κ3) is 4.75. The van der Waals surface area contributed by atoms with Crippen molar-refractivity contribution in [3.8, 4) is 22.8 Å². The van der Waals surface area contributed by atoms with Crippen LogP contribution in [0.3, 0.4) is 0 Å². The molecule has 230 valence electrons. The molecule has 1 N–H and O–H groups in total. The van der Waals surface area contributed by atoms with Crippen molar-refractivity contribution in [2.45, 2.75) is 44.2 Å². The predicted octanol–water partition coefficient (Wildman–Crippen LogP) is 3.17. The number of carbonyl (C=O) groups is 2. The molecule has 8 rings (SSSR count). The second kappa shape index (κ2) is 10.9. The second-order valence-electron chi connectivity index (χ2n) is 12.1. The van der Waals surface area contributed by atoms with Crippen LogP contribution in [0.2, 0.25) is 0 Å². The Balaban J connectivity index is 1.22. The molecule has 2 saturated heterocycles. The minimum atomic E-state index is -1.03. The molecule has 5 aliphatic heterocycles. The number of fused-ring (bicyclic) bond motifs is 3. The van der Waals surface area contributed by atoms with E-state index in [9.17, 15) is 14.7 Å². The Morgan fingerprint density at radius 1 is 0.909 bits per heavy atom. The second-order valence-corrected chi connectivity index (χ2v) is 12.1. The largest absolute Gasteiger partial charge is 0.478 e. The SMILES string of the molecule is O=C(O)c1cc(-c2cc3c(cc2C(=O)N2Cc4ccccc4C[C@H]2CN2CCOCC2)OCO3)n2c1CC1(CC2)OCCO1. The summed E-state index contributed by atoms with van der Waals surface area (Å²) in [6.45, 7) is 5.80. The van der Waals surface area contributed by atoms with Crippen LogP contribution < -0.4 is 9.47 Å². The molecular formula is C33H35N3O8. The molecule has 0 aliphatic carbocycles. The molecule has 1 atom stereocenters. The van der Waals surface area contributed by atoms with Crippen molar-refractivity contribution >= 4 is 11.9 Å². The van der Waals surface area contributed by atoms with E-state index in [1.54, 1.807) is 12.1 Å². The van der Waals surface area contributed by atoms with E-state index in [4.69, 9.17) is 23.7 Å². The van der Waals surface area contributed by atoms with E-state index in [0.717, 1.165) is 31.6 Å². The number of amides is 1. The number of rotatable bonds is 5. The summed E-state index contributed by atoms with van der Waals surface area (Å²) >= 11 is 0. The zero-order chi connectivity index (χ0) is 29.8. The maximum atomic E-state index is 14.8. The lowest BCUT2D eigenvalue weighted by molar-refractivity contribution is -0.169. The van der Waals surface area contributed by atoms with Crippen LogP contribution in [-0.4, -0.2) is 96.0 Å². The molecule has 0 bridgehead atoms. The van der Waals surface area contributed by atoms with Crippen LogP contribution in [0.15, 0.2) is 42.5 Å². The van der Waals surface area contributed by atoms with Crippen LogP contribution >= 0.6 is 0 Å². The van der Waals surface area contributed by atoms with E-state index in [2.05, 4.69) is 23.1 Å². The Morgan fingerprint density at radius 2 is 1.66 bits per heavy atom. The van der Waals surface area contributed by atoms with Gasteiger partial charge in [0.2, 0.25) is 6.79 Å². The van der Waals surface area contributed by atoms with E-state index in [1.165, 1.54) is 5.56 Å². The summed E-state index contributed by atoms with van der Waals surface area (Å²) in [5, 5.41) is 10.2. The Bertz CT molecular complexity index is 1620. The number of aromatic carboxylic acids is 1. The minimum absolute atomic E-state index is 0.0406. The summed E-state index contributed by atoms with van der Waals surface area (Å²) in [7, 11) is 0. The zero-order valence-corrected chi connectivity index (χ0v) is 24.5. The fourth-order valence-electron chi connectivity index (χ4n) is 7.37. The van der Waals surface area contributed by atoms with Crippen molar-refractivity contribution in [1.29, 1.82) is 0 Å². The van der Waals surface area contributed by atoms with E-state index in [-0.39, 0.29) is 24.3 Å². The molecule has 3 aromatic rings. The summed E-state index contributed by atoms with van der Waals surface area (Å²) in [4.78, 5) is 31.6. The van der Waals surface area contributed by atoms with Gasteiger partial charge in [-0.2, -0.15) is 0 Å². The number of aromatic nitrogens is 1. The number of carboxylic acids is 1. The maximum absolute atomic E-state index is 14.8. The maximum Gasteiger partial charge on any atom is 0.337 e. The summed E-state index contributed by atoms with van der Waals surface area (Å²) in [5.41, 5.74) is 4.97. The number of hydrogen-bond acceptors (Lipinski definition) is 8. The first-order valence-corrected chi connectivity index (χ1v) is 15.3. The summed E-state index contributed by atoms with van der Waals surface area (Å²) in [6, 6.07) is 13.5. The van der Waals surface area contributed by atoms with Crippen molar-refractivity contribution in [2.75, 3.05) is 52.9 Å². The molecular weight excluding hydrogens is 566 g/mol. The van der Waals surface area contributed by atoms with Gasteiger partial charge in [-0.25, -0.2) is 4.79 Å². The van der Waals surface area contributed by atoms with Crippen molar-refractivity contribution in [1.82, 2.24) is 14.4 Å². The summed E-state index contributed by atoms with van der Waals surface area (Å²) < 4.78 is 31.0. The number of carbonyl (C=O) groups excluding carboxylic acids is 1. The topological polar surface area (TPSA) is 112 Å². The van der Waals surface area contributed by atoms with Gasteiger partial charge in [-0.15, -0.1) is 0 Å². The molecule has 2 fully saturated rings. The molecule has 0 unspecified atom stereocenters. The Labute approximate surface area is 254 Å². The van der Waals surface area contributed by atoms with Crippen molar-refractivity contribution in [2.24, 2.45) is 0 Å². The highest BCUT2D eigenvalue weighted by atomic mass is 16.7. The monoisotopic (exact) mass is 601 g/mol. The third-order valence-corrected chi connectivity index (χ3v) is 9.61. The molecule has 1 spiro atoms. The Hall–Kier alpha value is -3.90. The summed E-state index contributed by atoms with van der Waals surface area (Å²) in [6.07, 6.45) is 1.66. The quantitative estimate of drug-likeness (QED) is 0.471. The molecule has 1 amide bonds. The number of hydrogen-bond donors (Lipinski definition) is 1. The predicted molar refractivity (Wildman–Crippen MR) is 157 cm³/mol. The first-order chi connectivity index (χ1) is 21.5. The average Bonchev–Trinajstić information content (AvgIpc) is 3.79. The molecule has 5 aliphatic rings. The minimum Gasteiger partial charge on any atom is -0.478 e. The van der Waals surface area contributed by atoms with E-state index < -0.39 is 11.8 Å². The van der Waals surface area contributed by atoms with Crippen LogP contribution in [0.1, 0.15) is 44.0 Å². The Morgan fingerprint density at radius 3 is 2.43 bits per heavy atom. The van der Waals surface area contributed by atoms with Crippen molar-refractivity contribution in [3.63, 3.8) is 0 Å². The van der Waals surface area contributed by atoms with E-state index in [0.29, 0.717) is 86.4 Å². The highest BCUT2D eigenvalue weighted by Gasteiger charge is 2.43. The van der Waals surface area contributed by atoms with Gasteiger partial charge in [-0.05, 0) is 35.7 Å². The van der Waals surface area contributed by atoms with Gasteiger partial charge in [-0.3, -0.25) is 9.69 Å². The zero-order valence-electron chi connectivity index (χ0n) is 24.5. The van der Waals surface area contributed by atoms with Gasteiger partial charge < -0.3 is 38.3 Å². The standard InChI is InChI=1S/C33H35N3O8/c37-31(36-18-22-4-2-1-3-21(22)13-23(36)19-34-7-9-40-10-8-34)25-16-30-29(41-20-42-30)15-24(25)27-14-26(32(38)39)28-17-33(5-6-35(27)28)43-11-12-44-33/h1-4,14-16,23H,5-13,17-20H2,(H,38,39)/t23-/m0/s1. The van der Waals surface area contributed by atoms with E-state index >= 15 is 0 Å². The molecule has 2 aromatic carbocycles. The van der Waals surface area contributed by atoms with Crippen LogP contribution in [0.4, 0.5) is 0 Å². The number of ether oxygens (including phenoxy) is 5. The first kappa shape index (κ1) is 27.6. The van der Waals surface area contributed by atoms with Gasteiger partial charge in [0.05, 0.1) is 43.2 Å². The van der Waals surface area contributed by atoms with Gasteiger partial charge in [0, 0.05) is 62.9 Å². The lowest BCUT2D eigenvalue weighted by atomic mass is 9.92. The van der Waals surface area contributed by atoms with Gasteiger partial charge in [-0.1, -0.05) is 24.3 Å².